The number of anilines is 1. The van der Waals surface area contributed by atoms with Crippen LogP contribution in [-0.2, 0) is 9.59 Å². The first kappa shape index (κ1) is 17.7. The van der Waals surface area contributed by atoms with E-state index in [2.05, 4.69) is 5.32 Å². The minimum absolute atomic E-state index is 0.00984. The predicted octanol–water partition coefficient (Wildman–Crippen LogP) is 4.06. The van der Waals surface area contributed by atoms with Crippen LogP contribution in [0.25, 0.3) is 6.08 Å². The van der Waals surface area contributed by atoms with Crippen LogP contribution in [0.5, 0.6) is 0 Å². The lowest BCUT2D eigenvalue weighted by atomic mass is 9.97. The van der Waals surface area contributed by atoms with E-state index in [4.69, 9.17) is 0 Å². The van der Waals surface area contributed by atoms with Crippen molar-refractivity contribution in [2.24, 2.45) is 0 Å². The molecule has 25 heavy (non-hydrogen) atoms. The van der Waals surface area contributed by atoms with E-state index in [-0.39, 0.29) is 11.8 Å². The average Bonchev–Trinajstić information content (AvgIpc) is 3.02. The van der Waals surface area contributed by atoms with Crippen LogP contribution in [0.1, 0.15) is 63.4 Å². The Balaban J connectivity index is 1.52. The largest absolute Gasteiger partial charge is 0.350 e. The highest BCUT2D eigenvalue weighted by molar-refractivity contribution is 5.95. The van der Waals surface area contributed by atoms with Gasteiger partial charge >= 0.3 is 0 Å². The van der Waals surface area contributed by atoms with E-state index in [1.165, 1.54) is 32.1 Å². The van der Waals surface area contributed by atoms with E-state index < -0.39 is 0 Å². The van der Waals surface area contributed by atoms with Gasteiger partial charge in [-0.1, -0.05) is 44.2 Å². The molecule has 0 atom stereocenters. The first-order valence-corrected chi connectivity index (χ1v) is 9.61. The fourth-order valence-corrected chi connectivity index (χ4v) is 3.71. The van der Waals surface area contributed by atoms with Gasteiger partial charge in [-0.05, 0) is 43.0 Å². The van der Waals surface area contributed by atoms with Crippen molar-refractivity contribution in [3.8, 4) is 0 Å². The zero-order valence-electron chi connectivity index (χ0n) is 14.9. The summed E-state index contributed by atoms with van der Waals surface area (Å²) in [6.45, 7) is 0.803. The third-order valence-corrected chi connectivity index (χ3v) is 5.16. The summed E-state index contributed by atoms with van der Waals surface area (Å²) in [5, 5.41) is 3.14. The molecule has 0 bridgehead atoms. The monoisotopic (exact) mass is 340 g/mol. The van der Waals surface area contributed by atoms with Crippen molar-refractivity contribution in [1.82, 2.24) is 5.32 Å². The molecule has 1 N–H and O–H groups in total. The summed E-state index contributed by atoms with van der Waals surface area (Å²) < 4.78 is 0. The molecule has 3 rings (SSSR count). The number of nitrogens with one attached hydrogen (secondary N) is 1. The average molecular weight is 340 g/mol. The summed E-state index contributed by atoms with van der Waals surface area (Å²) in [7, 11) is 0. The fraction of sp³-hybridized carbons (Fsp3) is 0.524. The molecule has 1 aliphatic heterocycles. The van der Waals surface area contributed by atoms with Crippen molar-refractivity contribution in [2.45, 2.75) is 63.8 Å². The molecule has 2 fully saturated rings. The Morgan fingerprint density at radius 1 is 1.00 bits per heavy atom. The molecule has 1 aromatic carbocycles. The van der Waals surface area contributed by atoms with Crippen LogP contribution in [0.4, 0.5) is 5.69 Å². The number of carbonyl (C=O) groups excluding carboxylic acids is 2. The highest BCUT2D eigenvalue weighted by Gasteiger charge is 2.21. The molecule has 4 nitrogen and oxygen atoms in total. The SMILES string of the molecule is O=C(/C=C/c1ccc(N2CCCC2=O)cc1)NC1CCCCCCC1. The molecule has 4 heteroatoms. The van der Waals surface area contributed by atoms with E-state index in [0.29, 0.717) is 12.5 Å². The van der Waals surface area contributed by atoms with Crippen LogP contribution < -0.4 is 10.2 Å². The molecule has 0 spiro atoms. The molecule has 2 aliphatic rings. The number of carbonyl (C=O) groups is 2. The molecule has 0 radical (unpaired) electrons. The zero-order chi connectivity index (χ0) is 17.5. The number of hydrogen-bond acceptors (Lipinski definition) is 2. The van der Waals surface area contributed by atoms with Gasteiger partial charge in [0.15, 0.2) is 0 Å². The van der Waals surface area contributed by atoms with Gasteiger partial charge in [-0.25, -0.2) is 0 Å². The highest BCUT2D eigenvalue weighted by atomic mass is 16.2. The second kappa shape index (κ2) is 8.84. The van der Waals surface area contributed by atoms with Crippen molar-refractivity contribution < 1.29 is 9.59 Å². The molecule has 1 aliphatic carbocycles. The number of amides is 2. The van der Waals surface area contributed by atoms with Crippen LogP contribution in [0.2, 0.25) is 0 Å². The van der Waals surface area contributed by atoms with Crippen molar-refractivity contribution in [3.63, 3.8) is 0 Å². The predicted molar refractivity (Wildman–Crippen MR) is 101 cm³/mol. The zero-order valence-corrected chi connectivity index (χ0v) is 14.9. The van der Waals surface area contributed by atoms with Crippen LogP contribution in [0.15, 0.2) is 30.3 Å². The Morgan fingerprint density at radius 3 is 2.32 bits per heavy atom. The lowest BCUT2D eigenvalue weighted by Gasteiger charge is -2.20. The Labute approximate surface area is 150 Å². The molecule has 1 saturated carbocycles. The molecule has 1 aromatic rings. The van der Waals surface area contributed by atoms with Gasteiger partial charge in [-0.2, -0.15) is 0 Å². The molecule has 1 saturated heterocycles. The summed E-state index contributed by atoms with van der Waals surface area (Å²) in [5.74, 6) is 0.186. The standard InChI is InChI=1S/C21H28N2O2/c24-20(22-18-7-4-2-1-3-5-8-18)15-12-17-10-13-19(14-11-17)23-16-6-9-21(23)25/h10-15,18H,1-9,16H2,(H,22,24)/b15-12+. The third-order valence-electron chi connectivity index (χ3n) is 5.16. The highest BCUT2D eigenvalue weighted by Crippen LogP contribution is 2.22. The Bertz CT molecular complexity index is 613. The maximum atomic E-state index is 12.2. The smallest absolute Gasteiger partial charge is 0.244 e. The summed E-state index contributed by atoms with van der Waals surface area (Å²) in [5.41, 5.74) is 1.92. The lowest BCUT2D eigenvalue weighted by Crippen LogP contribution is -2.34. The van der Waals surface area contributed by atoms with Crippen molar-refractivity contribution in [3.05, 3.63) is 35.9 Å². The van der Waals surface area contributed by atoms with Gasteiger partial charge in [0, 0.05) is 30.8 Å². The van der Waals surface area contributed by atoms with Crippen molar-refractivity contribution >= 4 is 23.6 Å². The molecule has 2 amide bonds. The minimum Gasteiger partial charge on any atom is -0.350 e. The minimum atomic E-state index is -0.00984. The molecular formula is C21H28N2O2. The second-order valence-electron chi connectivity index (χ2n) is 7.12. The Hall–Kier alpha value is -2.10. The number of rotatable bonds is 4. The molecule has 134 valence electrons. The van der Waals surface area contributed by atoms with Crippen LogP contribution in [0.3, 0.4) is 0 Å². The number of hydrogen-bond donors (Lipinski definition) is 1. The normalized spacial score (nSPS) is 19.8. The van der Waals surface area contributed by atoms with Gasteiger partial charge in [-0.3, -0.25) is 9.59 Å². The molecule has 0 aromatic heterocycles. The number of benzene rings is 1. The van der Waals surface area contributed by atoms with E-state index in [1.807, 2.05) is 35.2 Å². The van der Waals surface area contributed by atoms with E-state index in [9.17, 15) is 9.59 Å². The third kappa shape index (κ3) is 5.18. The maximum Gasteiger partial charge on any atom is 0.244 e. The van der Waals surface area contributed by atoms with Gasteiger partial charge in [0.25, 0.3) is 0 Å². The fourth-order valence-electron chi connectivity index (χ4n) is 3.71. The summed E-state index contributed by atoms with van der Waals surface area (Å²) in [6, 6.07) is 8.15. The van der Waals surface area contributed by atoms with Crippen molar-refractivity contribution in [1.29, 1.82) is 0 Å². The molecular weight excluding hydrogens is 312 g/mol. The van der Waals surface area contributed by atoms with Crippen molar-refractivity contribution in [2.75, 3.05) is 11.4 Å². The van der Waals surface area contributed by atoms with Crippen LogP contribution in [0, 0.1) is 0 Å². The van der Waals surface area contributed by atoms with Crippen LogP contribution >= 0.6 is 0 Å². The molecule has 1 heterocycles. The topological polar surface area (TPSA) is 49.4 Å². The molecule has 0 unspecified atom stereocenters. The Morgan fingerprint density at radius 2 is 1.68 bits per heavy atom. The first-order valence-electron chi connectivity index (χ1n) is 9.61. The quantitative estimate of drug-likeness (QED) is 0.841. The van der Waals surface area contributed by atoms with Gasteiger partial charge in [0.1, 0.15) is 0 Å². The maximum absolute atomic E-state index is 12.2. The number of nitrogens with zero attached hydrogens (tertiary/aromatic N) is 1. The summed E-state index contributed by atoms with van der Waals surface area (Å²) >= 11 is 0. The van der Waals surface area contributed by atoms with E-state index in [0.717, 1.165) is 37.1 Å². The van der Waals surface area contributed by atoms with Gasteiger partial charge in [-0.15, -0.1) is 0 Å². The van der Waals surface area contributed by atoms with E-state index in [1.54, 1.807) is 6.08 Å². The lowest BCUT2D eigenvalue weighted by molar-refractivity contribution is -0.118. The Kier molecular flexibility index (Phi) is 6.26. The van der Waals surface area contributed by atoms with Gasteiger partial charge < -0.3 is 10.2 Å². The van der Waals surface area contributed by atoms with Gasteiger partial charge in [0.05, 0.1) is 0 Å². The van der Waals surface area contributed by atoms with Gasteiger partial charge in [0.2, 0.25) is 11.8 Å². The van der Waals surface area contributed by atoms with E-state index >= 15 is 0 Å². The first-order chi connectivity index (χ1) is 12.2. The summed E-state index contributed by atoms with van der Waals surface area (Å²) in [4.78, 5) is 25.7. The van der Waals surface area contributed by atoms with Crippen LogP contribution in [-0.4, -0.2) is 24.4 Å². The second-order valence-corrected chi connectivity index (χ2v) is 7.12. The summed E-state index contributed by atoms with van der Waals surface area (Å²) in [6.07, 6.45) is 13.6.